The van der Waals surface area contributed by atoms with Crippen LogP contribution in [0.3, 0.4) is 0 Å². The second-order valence-electron chi connectivity index (χ2n) is 5.12. The fourth-order valence-corrected chi connectivity index (χ4v) is 1.64. The molecule has 1 aromatic carbocycles. The zero-order chi connectivity index (χ0) is 15.1. The van der Waals surface area contributed by atoms with E-state index in [4.69, 9.17) is 16.3 Å². The Kier molecular flexibility index (Phi) is 6.65. The highest BCUT2D eigenvalue weighted by atomic mass is 35.5. The molecule has 2 N–H and O–H groups in total. The van der Waals surface area contributed by atoms with E-state index in [0.29, 0.717) is 29.0 Å². The SMILES string of the molecule is CCCOc1ccc(Cl)cc1NC(=O)NC(C)C(C)C. The highest BCUT2D eigenvalue weighted by molar-refractivity contribution is 6.31. The molecule has 0 spiro atoms. The van der Waals surface area contributed by atoms with Crippen molar-refractivity contribution >= 4 is 23.3 Å². The molecule has 112 valence electrons. The molecule has 0 aliphatic heterocycles. The van der Waals surface area contributed by atoms with E-state index in [-0.39, 0.29) is 12.1 Å². The summed E-state index contributed by atoms with van der Waals surface area (Å²) in [6, 6.07) is 5.03. The topological polar surface area (TPSA) is 50.4 Å². The molecular weight excluding hydrogens is 276 g/mol. The fraction of sp³-hybridized carbons (Fsp3) is 0.533. The molecule has 4 nitrogen and oxygen atoms in total. The van der Waals surface area contributed by atoms with Gasteiger partial charge in [-0.15, -0.1) is 0 Å². The first-order valence-electron chi connectivity index (χ1n) is 6.94. The summed E-state index contributed by atoms with van der Waals surface area (Å²) in [6.07, 6.45) is 0.901. The van der Waals surface area contributed by atoms with Crippen LogP contribution in [-0.4, -0.2) is 18.7 Å². The van der Waals surface area contributed by atoms with Gasteiger partial charge in [0.2, 0.25) is 0 Å². The summed E-state index contributed by atoms with van der Waals surface area (Å²) in [5, 5.41) is 6.22. The molecule has 1 unspecified atom stereocenters. The molecule has 20 heavy (non-hydrogen) atoms. The van der Waals surface area contributed by atoms with Crippen molar-refractivity contribution in [3.05, 3.63) is 23.2 Å². The van der Waals surface area contributed by atoms with Gasteiger partial charge in [-0.3, -0.25) is 0 Å². The van der Waals surface area contributed by atoms with Gasteiger partial charge in [-0.1, -0.05) is 32.4 Å². The number of carbonyl (C=O) groups excluding carboxylic acids is 1. The lowest BCUT2D eigenvalue weighted by atomic mass is 10.1. The van der Waals surface area contributed by atoms with Crippen molar-refractivity contribution in [3.8, 4) is 5.75 Å². The van der Waals surface area contributed by atoms with E-state index in [1.165, 1.54) is 0 Å². The molecule has 1 rings (SSSR count). The number of hydrogen-bond donors (Lipinski definition) is 2. The summed E-state index contributed by atoms with van der Waals surface area (Å²) in [7, 11) is 0. The Hall–Kier alpha value is -1.42. The van der Waals surface area contributed by atoms with Crippen LogP contribution in [0.15, 0.2) is 18.2 Å². The average Bonchev–Trinajstić information content (AvgIpc) is 2.37. The number of amides is 2. The van der Waals surface area contributed by atoms with Crippen LogP contribution < -0.4 is 15.4 Å². The standard InChI is InChI=1S/C15H23ClN2O2/c1-5-8-20-14-7-6-12(16)9-13(14)18-15(19)17-11(4)10(2)3/h6-7,9-11H,5,8H2,1-4H3,(H2,17,18,19). The molecule has 0 heterocycles. The van der Waals surface area contributed by atoms with Gasteiger partial charge in [0, 0.05) is 11.1 Å². The number of rotatable bonds is 6. The Morgan fingerprint density at radius 3 is 2.65 bits per heavy atom. The maximum absolute atomic E-state index is 11.9. The van der Waals surface area contributed by atoms with Gasteiger partial charge in [0.25, 0.3) is 0 Å². The van der Waals surface area contributed by atoms with Crippen molar-refractivity contribution < 1.29 is 9.53 Å². The first-order valence-corrected chi connectivity index (χ1v) is 7.31. The number of anilines is 1. The molecule has 0 fully saturated rings. The zero-order valence-electron chi connectivity index (χ0n) is 12.5. The van der Waals surface area contributed by atoms with E-state index in [1.54, 1.807) is 18.2 Å². The summed E-state index contributed by atoms with van der Waals surface area (Å²) < 4.78 is 5.59. The monoisotopic (exact) mass is 298 g/mol. The van der Waals surface area contributed by atoms with Gasteiger partial charge in [0.05, 0.1) is 12.3 Å². The van der Waals surface area contributed by atoms with Crippen LogP contribution in [0.25, 0.3) is 0 Å². The number of carbonyl (C=O) groups is 1. The van der Waals surface area contributed by atoms with Gasteiger partial charge < -0.3 is 15.4 Å². The molecule has 0 radical (unpaired) electrons. The lowest BCUT2D eigenvalue weighted by Crippen LogP contribution is -2.39. The second-order valence-corrected chi connectivity index (χ2v) is 5.56. The Bertz CT molecular complexity index is 449. The third-order valence-corrected chi connectivity index (χ3v) is 3.25. The highest BCUT2D eigenvalue weighted by Crippen LogP contribution is 2.28. The Labute approximate surface area is 125 Å². The summed E-state index contributed by atoms with van der Waals surface area (Å²) in [5.74, 6) is 1.000. The molecule has 0 saturated carbocycles. The molecule has 2 amide bonds. The fourth-order valence-electron chi connectivity index (χ4n) is 1.47. The maximum Gasteiger partial charge on any atom is 0.319 e. The zero-order valence-corrected chi connectivity index (χ0v) is 13.3. The number of benzene rings is 1. The van der Waals surface area contributed by atoms with Gasteiger partial charge >= 0.3 is 6.03 Å². The molecule has 1 atom stereocenters. The predicted octanol–water partition coefficient (Wildman–Crippen LogP) is 4.29. The predicted molar refractivity (Wildman–Crippen MR) is 83.7 cm³/mol. The Morgan fingerprint density at radius 2 is 2.05 bits per heavy atom. The van der Waals surface area contributed by atoms with Crippen molar-refractivity contribution in [1.82, 2.24) is 5.32 Å². The third-order valence-electron chi connectivity index (χ3n) is 3.01. The number of nitrogens with one attached hydrogen (secondary N) is 2. The molecule has 0 aromatic heterocycles. The Morgan fingerprint density at radius 1 is 1.35 bits per heavy atom. The minimum absolute atomic E-state index is 0.0918. The molecule has 0 saturated heterocycles. The van der Waals surface area contributed by atoms with Crippen LogP contribution in [0, 0.1) is 5.92 Å². The molecule has 1 aromatic rings. The van der Waals surface area contributed by atoms with Gasteiger partial charge in [0.1, 0.15) is 5.75 Å². The largest absolute Gasteiger partial charge is 0.491 e. The number of halogens is 1. The summed E-state index contributed by atoms with van der Waals surface area (Å²) in [5.41, 5.74) is 0.583. The van der Waals surface area contributed by atoms with E-state index >= 15 is 0 Å². The maximum atomic E-state index is 11.9. The van der Waals surface area contributed by atoms with E-state index in [9.17, 15) is 4.79 Å². The summed E-state index contributed by atoms with van der Waals surface area (Å²) >= 11 is 5.96. The minimum atomic E-state index is -0.255. The molecule has 0 bridgehead atoms. The van der Waals surface area contributed by atoms with E-state index in [1.807, 2.05) is 13.8 Å². The lowest BCUT2D eigenvalue weighted by Gasteiger charge is -2.19. The van der Waals surface area contributed by atoms with Gasteiger partial charge in [-0.05, 0) is 37.5 Å². The van der Waals surface area contributed by atoms with Crippen molar-refractivity contribution in [2.75, 3.05) is 11.9 Å². The second kappa shape index (κ2) is 8.00. The molecule has 5 heteroatoms. The third kappa shape index (κ3) is 5.29. The number of urea groups is 1. The Balaban J connectivity index is 2.74. The highest BCUT2D eigenvalue weighted by Gasteiger charge is 2.13. The van der Waals surface area contributed by atoms with Crippen LogP contribution >= 0.6 is 11.6 Å². The normalized spacial score (nSPS) is 12.1. The average molecular weight is 299 g/mol. The van der Waals surface area contributed by atoms with Crippen LogP contribution in [0.2, 0.25) is 5.02 Å². The molecular formula is C15H23ClN2O2. The van der Waals surface area contributed by atoms with Crippen molar-refractivity contribution in [2.24, 2.45) is 5.92 Å². The van der Waals surface area contributed by atoms with Gasteiger partial charge in [0.15, 0.2) is 0 Å². The van der Waals surface area contributed by atoms with Crippen LogP contribution in [0.4, 0.5) is 10.5 Å². The molecule has 0 aliphatic carbocycles. The summed E-state index contributed by atoms with van der Waals surface area (Å²) in [4.78, 5) is 11.9. The van der Waals surface area contributed by atoms with Gasteiger partial charge in [-0.25, -0.2) is 4.79 Å². The quantitative estimate of drug-likeness (QED) is 0.823. The first-order chi connectivity index (χ1) is 9.43. The van der Waals surface area contributed by atoms with E-state index in [0.717, 1.165) is 6.42 Å². The minimum Gasteiger partial charge on any atom is -0.491 e. The van der Waals surface area contributed by atoms with Crippen molar-refractivity contribution in [2.45, 2.75) is 40.2 Å². The van der Waals surface area contributed by atoms with Crippen molar-refractivity contribution in [1.29, 1.82) is 0 Å². The lowest BCUT2D eigenvalue weighted by molar-refractivity contribution is 0.245. The van der Waals surface area contributed by atoms with E-state index < -0.39 is 0 Å². The van der Waals surface area contributed by atoms with Crippen LogP contribution in [0.1, 0.15) is 34.1 Å². The molecule has 0 aliphatic rings. The van der Waals surface area contributed by atoms with Crippen molar-refractivity contribution in [3.63, 3.8) is 0 Å². The number of ether oxygens (including phenoxy) is 1. The van der Waals surface area contributed by atoms with Crippen LogP contribution in [0.5, 0.6) is 5.75 Å². The first kappa shape index (κ1) is 16.6. The van der Waals surface area contributed by atoms with Gasteiger partial charge in [-0.2, -0.15) is 0 Å². The van der Waals surface area contributed by atoms with E-state index in [2.05, 4.69) is 24.5 Å². The van der Waals surface area contributed by atoms with Crippen LogP contribution in [-0.2, 0) is 0 Å². The number of hydrogen-bond acceptors (Lipinski definition) is 2. The summed E-state index contributed by atoms with van der Waals surface area (Å²) in [6.45, 7) is 8.71. The smallest absolute Gasteiger partial charge is 0.319 e.